The zero-order valence-electron chi connectivity index (χ0n) is 15.5. The van der Waals surface area contributed by atoms with Gasteiger partial charge in [0, 0.05) is 24.0 Å². The van der Waals surface area contributed by atoms with Crippen molar-refractivity contribution in [2.75, 3.05) is 0 Å². The molecule has 5 nitrogen and oxygen atoms in total. The summed E-state index contributed by atoms with van der Waals surface area (Å²) in [5.41, 5.74) is -1.19. The number of hydrogen-bond acceptors (Lipinski definition) is 4. The lowest BCUT2D eigenvalue weighted by Crippen LogP contribution is -2.14. The quantitative estimate of drug-likeness (QED) is 0.429. The van der Waals surface area contributed by atoms with Crippen molar-refractivity contribution in [3.8, 4) is 11.5 Å². The molecule has 0 spiro atoms. The van der Waals surface area contributed by atoms with Crippen LogP contribution in [0.3, 0.4) is 0 Å². The van der Waals surface area contributed by atoms with Gasteiger partial charge in [0.15, 0.2) is 0 Å². The van der Waals surface area contributed by atoms with E-state index < -0.39 is 34.7 Å². The van der Waals surface area contributed by atoms with Gasteiger partial charge in [-0.25, -0.2) is 8.78 Å². The molecule has 4 rings (SSSR count). The van der Waals surface area contributed by atoms with Gasteiger partial charge in [-0.1, -0.05) is 6.07 Å². The van der Waals surface area contributed by atoms with Crippen LogP contribution in [0.15, 0.2) is 66.0 Å². The minimum atomic E-state index is -4.67. The second-order valence-corrected chi connectivity index (χ2v) is 6.56. The van der Waals surface area contributed by atoms with Crippen LogP contribution in [-0.4, -0.2) is 14.5 Å². The van der Waals surface area contributed by atoms with Crippen LogP contribution in [0.4, 0.5) is 22.0 Å². The molecule has 0 bridgehead atoms. The largest absolute Gasteiger partial charge is 0.457 e. The lowest BCUT2D eigenvalue weighted by atomic mass is 10.2. The van der Waals surface area contributed by atoms with Crippen molar-refractivity contribution in [3.63, 3.8) is 0 Å². The van der Waals surface area contributed by atoms with Gasteiger partial charge in [0.25, 0.3) is 5.56 Å². The zero-order chi connectivity index (χ0) is 22.2. The van der Waals surface area contributed by atoms with Crippen LogP contribution >= 0.6 is 0 Å². The fourth-order valence-electron chi connectivity index (χ4n) is 3.02. The monoisotopic (exact) mass is 433 g/mol. The normalized spacial score (nSPS) is 11.6. The highest BCUT2D eigenvalue weighted by molar-refractivity contribution is 5.79. The van der Waals surface area contributed by atoms with Gasteiger partial charge in [0.1, 0.15) is 28.7 Å². The first kappa shape index (κ1) is 20.5. The molecular weight excluding hydrogens is 421 g/mol. The van der Waals surface area contributed by atoms with Crippen LogP contribution in [0.2, 0.25) is 0 Å². The first-order valence-electron chi connectivity index (χ1n) is 8.84. The van der Waals surface area contributed by atoms with Gasteiger partial charge in [-0.3, -0.25) is 9.78 Å². The number of rotatable bonds is 4. The van der Waals surface area contributed by atoms with Crippen molar-refractivity contribution in [3.05, 3.63) is 94.3 Å². The van der Waals surface area contributed by atoms with E-state index in [1.165, 1.54) is 35.2 Å². The molecule has 0 fully saturated rings. The molecule has 0 unspecified atom stereocenters. The molecule has 0 saturated carbocycles. The van der Waals surface area contributed by atoms with Crippen molar-refractivity contribution < 1.29 is 26.7 Å². The van der Waals surface area contributed by atoms with Crippen LogP contribution < -0.4 is 10.3 Å². The topological polar surface area (TPSA) is 57.0 Å². The van der Waals surface area contributed by atoms with Gasteiger partial charge in [-0.2, -0.15) is 18.2 Å². The number of aromatic nitrogens is 3. The molecule has 2 aromatic carbocycles. The molecule has 0 aliphatic rings. The highest BCUT2D eigenvalue weighted by Crippen LogP contribution is 2.37. The Balaban J connectivity index is 1.72. The predicted molar refractivity (Wildman–Crippen MR) is 101 cm³/mol. The Morgan fingerprint density at radius 2 is 1.84 bits per heavy atom. The Bertz CT molecular complexity index is 1330. The Morgan fingerprint density at radius 1 is 1.03 bits per heavy atom. The summed E-state index contributed by atoms with van der Waals surface area (Å²) in [5, 5.41) is 0.0603. The van der Waals surface area contributed by atoms with E-state index in [1.807, 2.05) is 0 Å². The third-order valence-electron chi connectivity index (χ3n) is 4.49. The molecule has 0 radical (unpaired) electrons. The van der Waals surface area contributed by atoms with Crippen LogP contribution in [0.25, 0.3) is 10.9 Å². The number of hydrogen-bond donors (Lipinski definition) is 0. The Kier molecular flexibility index (Phi) is 5.14. The minimum absolute atomic E-state index is 0.0196. The summed E-state index contributed by atoms with van der Waals surface area (Å²) in [5.74, 6) is -1.97. The summed E-state index contributed by atoms with van der Waals surface area (Å²) in [6.07, 6.45) is -1.67. The van der Waals surface area contributed by atoms with E-state index >= 15 is 0 Å². The molecule has 0 saturated heterocycles. The van der Waals surface area contributed by atoms with Gasteiger partial charge in [0.05, 0.1) is 23.8 Å². The van der Waals surface area contributed by atoms with Gasteiger partial charge < -0.3 is 9.30 Å². The van der Waals surface area contributed by atoms with Crippen LogP contribution in [0, 0.1) is 11.6 Å². The maximum absolute atomic E-state index is 14.0. The molecule has 0 atom stereocenters. The molecule has 0 amide bonds. The predicted octanol–water partition coefficient (Wildman–Crippen LogP) is 4.93. The number of fused-ring (bicyclic) bond motifs is 1. The number of alkyl halides is 3. The molecule has 2 aromatic heterocycles. The number of halogens is 5. The molecule has 4 aromatic rings. The Morgan fingerprint density at radius 3 is 2.58 bits per heavy atom. The van der Waals surface area contributed by atoms with Crippen molar-refractivity contribution in [1.82, 2.24) is 14.5 Å². The standard InChI is InChI=1S/C21H12F5N3O2/c22-13-2-1-12(17(23)7-13)10-29-11-28-20(30)15-8-14(3-4-18(15)29)31-19-5-6-27-9-16(19)21(24,25)26/h1-9,11H,10H2. The fraction of sp³-hybridized carbons (Fsp3) is 0.0952. The van der Waals surface area contributed by atoms with Crippen molar-refractivity contribution >= 4 is 10.9 Å². The van der Waals surface area contributed by atoms with Crippen molar-refractivity contribution in [2.24, 2.45) is 0 Å². The SMILES string of the molecule is O=c1ncn(Cc2ccc(F)cc2F)c2ccc(Oc3ccncc3C(F)(F)F)cc12. The number of benzene rings is 2. The van der Waals surface area contributed by atoms with Crippen LogP contribution in [-0.2, 0) is 12.7 Å². The van der Waals surface area contributed by atoms with E-state index in [0.29, 0.717) is 11.7 Å². The summed E-state index contributed by atoms with van der Waals surface area (Å²) in [4.78, 5) is 19.4. The second kappa shape index (κ2) is 7.78. The van der Waals surface area contributed by atoms with E-state index in [0.717, 1.165) is 24.4 Å². The summed E-state index contributed by atoms with van der Waals surface area (Å²) in [7, 11) is 0. The van der Waals surface area contributed by atoms with Gasteiger partial charge in [0.2, 0.25) is 0 Å². The van der Waals surface area contributed by atoms with E-state index in [1.54, 1.807) is 0 Å². The summed E-state index contributed by atoms with van der Waals surface area (Å²) in [6.45, 7) is -0.0430. The maximum Gasteiger partial charge on any atom is 0.421 e. The second-order valence-electron chi connectivity index (χ2n) is 6.56. The lowest BCUT2D eigenvalue weighted by Gasteiger charge is -2.14. The zero-order valence-corrected chi connectivity index (χ0v) is 15.5. The smallest absolute Gasteiger partial charge is 0.421 e. The van der Waals surface area contributed by atoms with Crippen LogP contribution in [0.5, 0.6) is 11.5 Å². The molecular formula is C21H12F5N3O2. The highest BCUT2D eigenvalue weighted by atomic mass is 19.4. The number of ether oxygens (including phenoxy) is 1. The molecule has 158 valence electrons. The average molecular weight is 433 g/mol. The lowest BCUT2D eigenvalue weighted by molar-refractivity contribution is -0.138. The van der Waals surface area contributed by atoms with E-state index in [2.05, 4.69) is 9.97 Å². The molecule has 0 N–H and O–H groups in total. The average Bonchev–Trinajstić information content (AvgIpc) is 2.72. The highest BCUT2D eigenvalue weighted by Gasteiger charge is 2.34. The van der Waals surface area contributed by atoms with E-state index in [9.17, 15) is 26.7 Å². The third-order valence-corrected chi connectivity index (χ3v) is 4.49. The summed E-state index contributed by atoms with van der Waals surface area (Å²) >= 11 is 0. The van der Waals surface area contributed by atoms with Gasteiger partial charge >= 0.3 is 6.18 Å². The minimum Gasteiger partial charge on any atom is -0.457 e. The number of pyridine rings is 1. The Hall–Kier alpha value is -3.82. The van der Waals surface area contributed by atoms with Crippen LogP contribution in [0.1, 0.15) is 11.1 Å². The Labute approximate surface area is 171 Å². The van der Waals surface area contributed by atoms with Crippen molar-refractivity contribution in [1.29, 1.82) is 0 Å². The summed E-state index contributed by atoms with van der Waals surface area (Å²) < 4.78 is 73.4. The van der Waals surface area contributed by atoms with Crippen molar-refractivity contribution in [2.45, 2.75) is 12.7 Å². The van der Waals surface area contributed by atoms with Gasteiger partial charge in [-0.05, 0) is 30.3 Å². The van der Waals surface area contributed by atoms with E-state index in [-0.39, 0.29) is 23.2 Å². The molecule has 0 aliphatic carbocycles. The first-order chi connectivity index (χ1) is 14.7. The first-order valence-corrected chi connectivity index (χ1v) is 8.84. The van der Waals surface area contributed by atoms with E-state index in [4.69, 9.17) is 4.74 Å². The molecule has 2 heterocycles. The molecule has 0 aliphatic heterocycles. The maximum atomic E-state index is 14.0. The molecule has 10 heteroatoms. The number of nitrogens with zero attached hydrogens (tertiary/aromatic N) is 3. The third kappa shape index (κ3) is 4.23. The summed E-state index contributed by atoms with van der Waals surface area (Å²) in [6, 6.07) is 8.26. The fourth-order valence-corrected chi connectivity index (χ4v) is 3.02. The molecule has 31 heavy (non-hydrogen) atoms. The van der Waals surface area contributed by atoms with Gasteiger partial charge in [-0.15, -0.1) is 0 Å².